The van der Waals surface area contributed by atoms with Crippen LogP contribution in [0.4, 0.5) is 8.78 Å². The molecular formula is C11H15F2NO2. The highest BCUT2D eigenvalue weighted by Crippen LogP contribution is 2.19. The van der Waals surface area contributed by atoms with Gasteiger partial charge < -0.3 is 15.5 Å². The number of phenols is 1. The molecular weight excluding hydrogens is 216 g/mol. The molecule has 5 heteroatoms. The van der Waals surface area contributed by atoms with Gasteiger partial charge >= 0.3 is 0 Å². The Labute approximate surface area is 92.7 Å². The van der Waals surface area contributed by atoms with Crippen molar-refractivity contribution in [1.82, 2.24) is 5.32 Å². The summed E-state index contributed by atoms with van der Waals surface area (Å²) in [6.45, 7) is -0.0602. The third kappa shape index (κ3) is 3.75. The Kier molecular flexibility index (Phi) is 4.20. The predicted molar refractivity (Wildman–Crippen MR) is 56.6 cm³/mol. The summed E-state index contributed by atoms with van der Waals surface area (Å²) in [5, 5.41) is 20.2. The van der Waals surface area contributed by atoms with Gasteiger partial charge in [0.05, 0.1) is 6.54 Å². The lowest BCUT2D eigenvalue weighted by Gasteiger charge is -2.19. The third-order valence-electron chi connectivity index (χ3n) is 2.27. The summed E-state index contributed by atoms with van der Waals surface area (Å²) < 4.78 is 25.5. The van der Waals surface area contributed by atoms with Crippen LogP contribution in [0, 0.1) is 0 Å². The first-order chi connectivity index (χ1) is 7.44. The van der Waals surface area contributed by atoms with Gasteiger partial charge in [-0.2, -0.15) is 0 Å². The number of aliphatic hydroxyl groups is 1. The van der Waals surface area contributed by atoms with Crippen molar-refractivity contribution in [3.05, 3.63) is 29.8 Å². The van der Waals surface area contributed by atoms with Crippen molar-refractivity contribution < 1.29 is 19.0 Å². The monoisotopic (exact) mass is 231 g/mol. The van der Waals surface area contributed by atoms with Crippen LogP contribution >= 0.6 is 0 Å². The summed E-state index contributed by atoms with van der Waals surface area (Å²) in [5.74, 6) is -3.02. The maximum atomic E-state index is 12.7. The first-order valence-corrected chi connectivity index (χ1v) is 4.95. The highest BCUT2D eigenvalue weighted by Gasteiger charge is 2.27. The van der Waals surface area contributed by atoms with Gasteiger partial charge in [0.15, 0.2) is 0 Å². The predicted octanol–water partition coefficient (Wildman–Crippen LogP) is 1.67. The molecule has 16 heavy (non-hydrogen) atoms. The molecule has 1 rings (SSSR count). The van der Waals surface area contributed by atoms with Crippen molar-refractivity contribution in [2.24, 2.45) is 0 Å². The highest BCUT2D eigenvalue weighted by atomic mass is 19.3. The summed E-state index contributed by atoms with van der Waals surface area (Å²) in [6, 6.07) is 6.08. The van der Waals surface area contributed by atoms with Crippen molar-refractivity contribution >= 4 is 0 Å². The van der Waals surface area contributed by atoms with E-state index in [0.29, 0.717) is 5.56 Å². The molecule has 0 aromatic heterocycles. The molecule has 0 aliphatic carbocycles. The molecule has 0 aliphatic rings. The zero-order valence-corrected chi connectivity index (χ0v) is 8.95. The molecule has 0 aliphatic heterocycles. The lowest BCUT2D eigenvalue weighted by Crippen LogP contribution is -2.37. The SMILES string of the molecule is CC(NCC(F)(F)CO)c1cccc(O)c1. The molecule has 0 saturated heterocycles. The molecule has 0 saturated carbocycles. The molecule has 1 atom stereocenters. The Morgan fingerprint density at radius 1 is 1.44 bits per heavy atom. The fourth-order valence-electron chi connectivity index (χ4n) is 1.27. The molecule has 3 nitrogen and oxygen atoms in total. The van der Waals surface area contributed by atoms with Crippen LogP contribution in [-0.4, -0.2) is 29.3 Å². The van der Waals surface area contributed by atoms with E-state index < -0.39 is 19.1 Å². The van der Waals surface area contributed by atoms with Crippen LogP contribution in [0.1, 0.15) is 18.5 Å². The number of hydrogen-bond acceptors (Lipinski definition) is 3. The van der Waals surface area contributed by atoms with Gasteiger partial charge in [0.25, 0.3) is 5.92 Å². The van der Waals surface area contributed by atoms with E-state index in [-0.39, 0.29) is 11.8 Å². The number of nitrogens with one attached hydrogen (secondary N) is 1. The van der Waals surface area contributed by atoms with E-state index >= 15 is 0 Å². The number of halogens is 2. The molecule has 1 unspecified atom stereocenters. The average Bonchev–Trinajstić information content (AvgIpc) is 2.26. The van der Waals surface area contributed by atoms with Gasteiger partial charge in [-0.3, -0.25) is 0 Å². The number of aliphatic hydroxyl groups excluding tert-OH is 1. The summed E-state index contributed by atoms with van der Waals surface area (Å²) >= 11 is 0. The highest BCUT2D eigenvalue weighted by molar-refractivity contribution is 5.29. The largest absolute Gasteiger partial charge is 0.508 e. The Hall–Kier alpha value is -1.20. The minimum absolute atomic E-state index is 0.0973. The van der Waals surface area contributed by atoms with Gasteiger partial charge in [-0.1, -0.05) is 12.1 Å². The second kappa shape index (κ2) is 5.23. The lowest BCUT2D eigenvalue weighted by atomic mass is 10.1. The Bertz CT molecular complexity index is 345. The van der Waals surface area contributed by atoms with Crippen LogP contribution in [-0.2, 0) is 0 Å². The molecule has 0 bridgehead atoms. The van der Waals surface area contributed by atoms with Gasteiger partial charge in [0, 0.05) is 6.04 Å². The molecule has 1 aromatic carbocycles. The Morgan fingerprint density at radius 3 is 2.69 bits per heavy atom. The molecule has 0 spiro atoms. The number of benzene rings is 1. The van der Waals surface area contributed by atoms with Crippen molar-refractivity contribution in [2.45, 2.75) is 18.9 Å². The van der Waals surface area contributed by atoms with E-state index in [1.807, 2.05) is 0 Å². The molecule has 0 fully saturated rings. The van der Waals surface area contributed by atoms with E-state index in [0.717, 1.165) is 0 Å². The summed E-state index contributed by atoms with van der Waals surface area (Å²) in [5.41, 5.74) is 0.716. The molecule has 3 N–H and O–H groups in total. The van der Waals surface area contributed by atoms with Gasteiger partial charge in [0.1, 0.15) is 12.4 Å². The Balaban J connectivity index is 2.56. The summed E-state index contributed by atoms with van der Waals surface area (Å²) in [4.78, 5) is 0. The van der Waals surface area contributed by atoms with Gasteiger partial charge in [-0.15, -0.1) is 0 Å². The van der Waals surface area contributed by atoms with Gasteiger partial charge in [0.2, 0.25) is 0 Å². The van der Waals surface area contributed by atoms with Gasteiger partial charge in [-0.05, 0) is 24.6 Å². The Morgan fingerprint density at radius 2 is 2.12 bits per heavy atom. The van der Waals surface area contributed by atoms with Crippen molar-refractivity contribution in [3.63, 3.8) is 0 Å². The number of hydrogen-bond donors (Lipinski definition) is 3. The standard InChI is InChI=1S/C11H15F2NO2/c1-8(14-6-11(12,13)7-15)9-3-2-4-10(16)5-9/h2-5,8,14-16H,6-7H2,1H3. The molecule has 1 aromatic rings. The molecule has 90 valence electrons. The van der Waals surface area contributed by atoms with E-state index in [9.17, 15) is 13.9 Å². The molecule has 0 heterocycles. The fraction of sp³-hybridized carbons (Fsp3) is 0.455. The maximum Gasteiger partial charge on any atom is 0.282 e. The number of aromatic hydroxyl groups is 1. The van der Waals surface area contributed by atoms with Crippen LogP contribution in [0.2, 0.25) is 0 Å². The average molecular weight is 231 g/mol. The number of phenolic OH excluding ortho intramolecular Hbond substituents is 1. The minimum Gasteiger partial charge on any atom is -0.508 e. The topological polar surface area (TPSA) is 52.5 Å². The lowest BCUT2D eigenvalue weighted by molar-refractivity contribution is -0.0490. The summed E-state index contributed by atoms with van der Waals surface area (Å²) in [7, 11) is 0. The smallest absolute Gasteiger partial charge is 0.282 e. The minimum atomic E-state index is -3.12. The van der Waals surface area contributed by atoms with Gasteiger partial charge in [-0.25, -0.2) is 8.78 Å². The van der Waals surface area contributed by atoms with Crippen molar-refractivity contribution in [1.29, 1.82) is 0 Å². The first kappa shape index (κ1) is 12.9. The van der Waals surface area contributed by atoms with Crippen LogP contribution < -0.4 is 5.32 Å². The van der Waals surface area contributed by atoms with Crippen LogP contribution in [0.5, 0.6) is 5.75 Å². The van der Waals surface area contributed by atoms with Crippen LogP contribution in [0.25, 0.3) is 0 Å². The van der Waals surface area contributed by atoms with Crippen molar-refractivity contribution in [3.8, 4) is 5.75 Å². The summed E-state index contributed by atoms with van der Waals surface area (Å²) in [6.07, 6.45) is 0. The zero-order chi connectivity index (χ0) is 12.2. The number of alkyl halides is 2. The van der Waals surface area contributed by atoms with E-state index in [1.54, 1.807) is 19.1 Å². The van der Waals surface area contributed by atoms with E-state index in [4.69, 9.17) is 5.11 Å². The van der Waals surface area contributed by atoms with E-state index in [1.165, 1.54) is 12.1 Å². The fourth-order valence-corrected chi connectivity index (χ4v) is 1.27. The zero-order valence-electron chi connectivity index (χ0n) is 8.95. The maximum absolute atomic E-state index is 12.7. The second-order valence-corrected chi connectivity index (χ2v) is 3.71. The quantitative estimate of drug-likeness (QED) is 0.722. The molecule has 0 amide bonds. The third-order valence-corrected chi connectivity index (χ3v) is 2.27. The molecule has 0 radical (unpaired) electrons. The first-order valence-electron chi connectivity index (χ1n) is 4.95. The van der Waals surface area contributed by atoms with E-state index in [2.05, 4.69) is 5.32 Å². The van der Waals surface area contributed by atoms with Crippen LogP contribution in [0.15, 0.2) is 24.3 Å². The van der Waals surface area contributed by atoms with Crippen molar-refractivity contribution in [2.75, 3.05) is 13.2 Å². The normalized spacial score (nSPS) is 13.8. The van der Waals surface area contributed by atoms with Crippen LogP contribution in [0.3, 0.4) is 0 Å². The number of rotatable bonds is 5. The second-order valence-electron chi connectivity index (χ2n) is 3.71.